The number of hydrogen-bond donors (Lipinski definition) is 3. The molecule has 1 aromatic carbocycles. The normalized spacial score (nSPS) is 21.1. The summed E-state index contributed by atoms with van der Waals surface area (Å²) in [6, 6.07) is 5.36. The van der Waals surface area contributed by atoms with Crippen molar-refractivity contribution in [2.45, 2.75) is 26.2 Å². The highest BCUT2D eigenvalue weighted by molar-refractivity contribution is 5.99. The van der Waals surface area contributed by atoms with Gasteiger partial charge in [0.15, 0.2) is 0 Å². The molecule has 0 bridgehead atoms. The van der Waals surface area contributed by atoms with E-state index in [-0.39, 0.29) is 23.7 Å². The molecule has 0 saturated heterocycles. The monoisotopic (exact) mass is 289 g/mol. The van der Waals surface area contributed by atoms with Gasteiger partial charge in [-0.1, -0.05) is 12.5 Å². The largest absolute Gasteiger partial charge is 0.355 e. The summed E-state index contributed by atoms with van der Waals surface area (Å²) in [5.41, 5.74) is 7.80. The van der Waals surface area contributed by atoms with E-state index in [0.717, 1.165) is 24.8 Å². The van der Waals surface area contributed by atoms with Crippen LogP contribution in [0.3, 0.4) is 0 Å². The molecule has 21 heavy (non-hydrogen) atoms. The molecule has 5 heteroatoms. The first-order chi connectivity index (χ1) is 10.1. The minimum Gasteiger partial charge on any atom is -0.355 e. The predicted octanol–water partition coefficient (Wildman–Crippen LogP) is 1.67. The van der Waals surface area contributed by atoms with Gasteiger partial charge in [0.1, 0.15) is 0 Å². The van der Waals surface area contributed by atoms with Crippen molar-refractivity contribution in [3.05, 3.63) is 29.3 Å². The number of carbonyl (C=O) groups excluding carboxylic acids is 2. The van der Waals surface area contributed by atoms with Gasteiger partial charge >= 0.3 is 0 Å². The Labute approximate surface area is 125 Å². The lowest BCUT2D eigenvalue weighted by molar-refractivity contribution is -0.120. The highest BCUT2D eigenvalue weighted by Crippen LogP contribution is 2.32. The fraction of sp³-hybridized carbons (Fsp3) is 0.500. The lowest BCUT2D eigenvalue weighted by atomic mass is 9.95. The van der Waals surface area contributed by atoms with E-state index in [1.54, 1.807) is 19.2 Å². The Morgan fingerprint density at radius 2 is 2.10 bits per heavy atom. The molecule has 0 unspecified atom stereocenters. The summed E-state index contributed by atoms with van der Waals surface area (Å²) in [6.45, 7) is 2.39. The van der Waals surface area contributed by atoms with E-state index in [0.29, 0.717) is 17.8 Å². The first-order valence-corrected chi connectivity index (χ1v) is 7.41. The molecule has 1 fully saturated rings. The molecule has 5 nitrogen and oxygen atoms in total. The third kappa shape index (κ3) is 3.24. The number of nitrogens with one attached hydrogen (secondary N) is 2. The minimum absolute atomic E-state index is 0.0140. The van der Waals surface area contributed by atoms with Gasteiger partial charge in [0, 0.05) is 24.2 Å². The van der Waals surface area contributed by atoms with E-state index in [1.165, 1.54) is 0 Å². The smallest absolute Gasteiger partial charge is 0.251 e. The third-order valence-corrected chi connectivity index (χ3v) is 4.36. The molecule has 1 aromatic rings. The van der Waals surface area contributed by atoms with E-state index < -0.39 is 0 Å². The van der Waals surface area contributed by atoms with Crippen LogP contribution in [0.25, 0.3) is 0 Å². The first-order valence-electron chi connectivity index (χ1n) is 7.41. The van der Waals surface area contributed by atoms with Crippen LogP contribution < -0.4 is 16.4 Å². The molecular formula is C16H23N3O2. The Balaban J connectivity index is 2.16. The molecule has 1 aliphatic rings. The minimum atomic E-state index is -0.149. The van der Waals surface area contributed by atoms with Crippen LogP contribution in [0.5, 0.6) is 0 Å². The zero-order valence-electron chi connectivity index (χ0n) is 12.6. The average Bonchev–Trinajstić information content (AvgIpc) is 2.97. The van der Waals surface area contributed by atoms with Crippen LogP contribution in [0.15, 0.2) is 18.2 Å². The van der Waals surface area contributed by atoms with E-state index in [1.807, 2.05) is 13.0 Å². The van der Waals surface area contributed by atoms with Gasteiger partial charge in [-0.25, -0.2) is 0 Å². The Hall–Kier alpha value is -1.88. The molecule has 4 N–H and O–H groups in total. The molecule has 1 saturated carbocycles. The maximum Gasteiger partial charge on any atom is 0.251 e. The number of anilines is 1. The van der Waals surface area contributed by atoms with Crippen molar-refractivity contribution >= 4 is 17.5 Å². The summed E-state index contributed by atoms with van der Waals surface area (Å²) in [5.74, 6) is 0.120. The van der Waals surface area contributed by atoms with Crippen molar-refractivity contribution in [1.82, 2.24) is 5.32 Å². The summed E-state index contributed by atoms with van der Waals surface area (Å²) in [5, 5.41) is 5.57. The molecule has 2 atom stereocenters. The summed E-state index contributed by atoms with van der Waals surface area (Å²) >= 11 is 0. The number of rotatable bonds is 4. The van der Waals surface area contributed by atoms with Gasteiger partial charge in [0.2, 0.25) is 5.91 Å². The van der Waals surface area contributed by atoms with Gasteiger partial charge in [0.25, 0.3) is 5.91 Å². The SMILES string of the molecule is CNC(=O)c1cccc(NC(=O)[C@@H]2CCC[C@@H]2CN)c1C. The maximum absolute atomic E-state index is 12.4. The van der Waals surface area contributed by atoms with Crippen molar-refractivity contribution in [3.8, 4) is 0 Å². The van der Waals surface area contributed by atoms with E-state index in [2.05, 4.69) is 10.6 Å². The molecule has 0 aromatic heterocycles. The number of hydrogen-bond acceptors (Lipinski definition) is 3. The summed E-state index contributed by atoms with van der Waals surface area (Å²) in [6.07, 6.45) is 2.96. The fourth-order valence-corrected chi connectivity index (χ4v) is 3.04. The van der Waals surface area contributed by atoms with Gasteiger partial charge in [0.05, 0.1) is 0 Å². The standard InChI is InChI=1S/C16H23N3O2/c1-10-12(15(20)18-2)6-4-8-14(10)19-16(21)13-7-3-5-11(13)9-17/h4,6,8,11,13H,3,5,7,9,17H2,1-2H3,(H,18,20)(H,19,21)/t11-,13-/m1/s1. The van der Waals surface area contributed by atoms with Crippen LogP contribution in [0, 0.1) is 18.8 Å². The zero-order valence-corrected chi connectivity index (χ0v) is 12.6. The van der Waals surface area contributed by atoms with Crippen molar-refractivity contribution in [2.75, 3.05) is 18.9 Å². The number of amides is 2. The van der Waals surface area contributed by atoms with Crippen LogP contribution in [0.4, 0.5) is 5.69 Å². The van der Waals surface area contributed by atoms with E-state index in [4.69, 9.17) is 5.73 Å². The number of carbonyl (C=O) groups is 2. The molecule has 0 spiro atoms. The molecule has 2 amide bonds. The van der Waals surface area contributed by atoms with Gasteiger partial charge in [-0.2, -0.15) is 0 Å². The quantitative estimate of drug-likeness (QED) is 0.788. The van der Waals surface area contributed by atoms with Crippen molar-refractivity contribution < 1.29 is 9.59 Å². The average molecular weight is 289 g/mol. The second-order valence-electron chi connectivity index (χ2n) is 5.58. The maximum atomic E-state index is 12.4. The number of benzene rings is 1. The van der Waals surface area contributed by atoms with Crippen molar-refractivity contribution in [2.24, 2.45) is 17.6 Å². The van der Waals surface area contributed by atoms with Gasteiger partial charge in [-0.3, -0.25) is 9.59 Å². The Kier molecular flexibility index (Phi) is 4.96. The van der Waals surface area contributed by atoms with Crippen molar-refractivity contribution in [3.63, 3.8) is 0 Å². The van der Waals surface area contributed by atoms with Crippen molar-refractivity contribution in [1.29, 1.82) is 0 Å². The molecule has 1 aliphatic carbocycles. The van der Waals surface area contributed by atoms with Gasteiger partial charge < -0.3 is 16.4 Å². The second kappa shape index (κ2) is 6.72. The summed E-state index contributed by atoms with van der Waals surface area (Å²) in [7, 11) is 1.59. The summed E-state index contributed by atoms with van der Waals surface area (Å²) in [4.78, 5) is 24.2. The fourth-order valence-electron chi connectivity index (χ4n) is 3.04. The Morgan fingerprint density at radius 1 is 1.33 bits per heavy atom. The highest BCUT2D eigenvalue weighted by atomic mass is 16.2. The first kappa shape index (κ1) is 15.5. The van der Waals surface area contributed by atoms with Crippen LogP contribution in [-0.4, -0.2) is 25.4 Å². The number of nitrogens with two attached hydrogens (primary N) is 1. The van der Waals surface area contributed by atoms with E-state index in [9.17, 15) is 9.59 Å². The lowest BCUT2D eigenvalue weighted by Gasteiger charge is -2.19. The molecule has 114 valence electrons. The van der Waals surface area contributed by atoms with Gasteiger partial charge in [-0.05, 0) is 49.9 Å². The Morgan fingerprint density at radius 3 is 2.76 bits per heavy atom. The third-order valence-electron chi connectivity index (χ3n) is 4.36. The lowest BCUT2D eigenvalue weighted by Crippen LogP contribution is -2.30. The van der Waals surface area contributed by atoms with Crippen LogP contribution in [-0.2, 0) is 4.79 Å². The topological polar surface area (TPSA) is 84.2 Å². The molecule has 2 rings (SSSR count). The van der Waals surface area contributed by atoms with Crippen LogP contribution in [0.2, 0.25) is 0 Å². The molecule has 0 radical (unpaired) electrons. The molecule has 0 heterocycles. The highest BCUT2D eigenvalue weighted by Gasteiger charge is 2.32. The summed E-state index contributed by atoms with van der Waals surface area (Å²) < 4.78 is 0. The molecule has 0 aliphatic heterocycles. The van der Waals surface area contributed by atoms with Gasteiger partial charge in [-0.15, -0.1) is 0 Å². The van der Waals surface area contributed by atoms with Crippen LogP contribution in [0.1, 0.15) is 35.2 Å². The predicted molar refractivity (Wildman–Crippen MR) is 83.1 cm³/mol. The second-order valence-corrected chi connectivity index (χ2v) is 5.58. The zero-order chi connectivity index (χ0) is 15.4. The Bertz CT molecular complexity index is 542. The van der Waals surface area contributed by atoms with Crippen LogP contribution >= 0.6 is 0 Å². The van der Waals surface area contributed by atoms with E-state index >= 15 is 0 Å². The molecular weight excluding hydrogens is 266 g/mol.